The number of hydrogen-bond donors (Lipinski definition) is 0. The first-order valence-corrected chi connectivity index (χ1v) is 5.08. The summed E-state index contributed by atoms with van der Waals surface area (Å²) in [4.78, 5) is 0. The Labute approximate surface area is 60.5 Å². The first-order chi connectivity index (χ1) is 4.41. The molecule has 0 rings (SSSR count). The summed E-state index contributed by atoms with van der Waals surface area (Å²) in [5.41, 5.74) is 0. The summed E-state index contributed by atoms with van der Waals surface area (Å²) in [6, 6.07) is 0. The maximum atomic E-state index is 2.32. The summed E-state index contributed by atoms with van der Waals surface area (Å²) in [5.74, 6) is 2.32. The number of allylic oxidation sites excluding steroid dienone is 1. The Balaban J connectivity index is 2.86. The van der Waals surface area contributed by atoms with Crippen LogP contribution in [0.4, 0.5) is 0 Å². The molecule has 0 aliphatic heterocycles. The third-order valence-electron chi connectivity index (χ3n) is 1.16. The van der Waals surface area contributed by atoms with E-state index in [-0.39, 0.29) is 0 Å². The molecule has 1 atom stereocenters. The largest absolute Gasteiger partial charge is 0.0990 e. The zero-order valence-electron chi connectivity index (χ0n) is 6.48. The molecule has 0 spiro atoms. The van der Waals surface area contributed by atoms with Gasteiger partial charge in [0.25, 0.3) is 0 Å². The molecule has 0 fully saturated rings. The molecule has 0 aliphatic rings. The lowest BCUT2D eigenvalue weighted by molar-refractivity contribution is 0.815. The van der Waals surface area contributed by atoms with Crippen molar-refractivity contribution >= 4 is 8.58 Å². The Morgan fingerprint density at radius 1 is 1.33 bits per heavy atom. The summed E-state index contributed by atoms with van der Waals surface area (Å²) in [7, 11) is 1.05. The van der Waals surface area contributed by atoms with Gasteiger partial charge in [-0.2, -0.15) is 0 Å². The lowest BCUT2D eigenvalue weighted by atomic mass is 10.2. The molecule has 0 aromatic rings. The second kappa shape index (κ2) is 8.17. The third-order valence-corrected chi connectivity index (χ3v) is 2.04. The normalized spacial score (nSPS) is 12.2. The summed E-state index contributed by atoms with van der Waals surface area (Å²) >= 11 is 0. The third kappa shape index (κ3) is 8.17. The Morgan fingerprint density at radius 2 is 2.11 bits per heavy atom. The maximum absolute atomic E-state index is 2.32. The predicted octanol–water partition coefficient (Wildman–Crippen LogP) is 3.39. The minimum atomic E-state index is 1.05. The molecule has 0 radical (unpaired) electrons. The molecule has 0 bridgehead atoms. The molecule has 0 aromatic carbocycles. The van der Waals surface area contributed by atoms with Gasteiger partial charge < -0.3 is 0 Å². The molecule has 0 saturated carbocycles. The Bertz CT molecular complexity index is 67.0. The van der Waals surface area contributed by atoms with Crippen LogP contribution in [0.25, 0.3) is 0 Å². The molecule has 0 aromatic heterocycles. The Kier molecular flexibility index (Phi) is 8.32. The minimum absolute atomic E-state index is 1.05. The predicted molar refractivity (Wildman–Crippen MR) is 47.5 cm³/mol. The van der Waals surface area contributed by atoms with Gasteiger partial charge in [0.15, 0.2) is 0 Å². The van der Waals surface area contributed by atoms with E-state index in [1.54, 1.807) is 0 Å². The van der Waals surface area contributed by atoms with Crippen LogP contribution >= 0.6 is 8.58 Å². The highest BCUT2D eigenvalue weighted by molar-refractivity contribution is 7.41. The quantitative estimate of drug-likeness (QED) is 0.410. The Hall–Kier alpha value is 0.170. The van der Waals surface area contributed by atoms with Crippen LogP contribution in [-0.2, 0) is 0 Å². The minimum Gasteiger partial charge on any atom is -0.0990 e. The van der Waals surface area contributed by atoms with Gasteiger partial charge in [0.1, 0.15) is 0 Å². The van der Waals surface area contributed by atoms with Gasteiger partial charge >= 0.3 is 0 Å². The van der Waals surface area contributed by atoms with Crippen molar-refractivity contribution in [3.63, 3.8) is 0 Å². The van der Waals surface area contributed by atoms with Crippen molar-refractivity contribution in [1.29, 1.82) is 0 Å². The molecule has 0 saturated heterocycles. The van der Waals surface area contributed by atoms with Crippen LogP contribution in [0.2, 0.25) is 0 Å². The number of hydrogen-bond acceptors (Lipinski definition) is 0. The van der Waals surface area contributed by atoms with Gasteiger partial charge in [-0.3, -0.25) is 0 Å². The molecule has 0 nitrogen and oxygen atoms in total. The average molecular weight is 144 g/mol. The van der Waals surface area contributed by atoms with E-state index in [0.717, 1.165) is 8.58 Å². The van der Waals surface area contributed by atoms with E-state index in [9.17, 15) is 0 Å². The Morgan fingerprint density at radius 3 is 2.67 bits per heavy atom. The lowest BCUT2D eigenvalue weighted by Gasteiger charge is -1.87. The van der Waals surface area contributed by atoms with Crippen LogP contribution < -0.4 is 0 Å². The van der Waals surface area contributed by atoms with E-state index in [4.69, 9.17) is 0 Å². The van der Waals surface area contributed by atoms with Crippen LogP contribution in [0.15, 0.2) is 11.9 Å². The van der Waals surface area contributed by atoms with Crippen molar-refractivity contribution in [3.05, 3.63) is 11.9 Å². The van der Waals surface area contributed by atoms with E-state index >= 15 is 0 Å². The molecular formula is C8H17P. The first-order valence-electron chi connectivity index (χ1n) is 3.80. The van der Waals surface area contributed by atoms with Crippen LogP contribution in [0, 0.1) is 0 Å². The fraction of sp³-hybridized carbons (Fsp3) is 0.750. The number of unbranched alkanes of at least 4 members (excludes halogenated alkanes) is 2. The molecule has 1 heteroatoms. The highest BCUT2D eigenvalue weighted by Gasteiger charge is 1.76. The second-order valence-electron chi connectivity index (χ2n) is 2.10. The summed E-state index contributed by atoms with van der Waals surface area (Å²) in [6.45, 7) is 4.46. The van der Waals surface area contributed by atoms with Gasteiger partial charge in [0.05, 0.1) is 0 Å². The zero-order valence-corrected chi connectivity index (χ0v) is 7.48. The van der Waals surface area contributed by atoms with Gasteiger partial charge in [-0.05, 0) is 12.6 Å². The van der Waals surface area contributed by atoms with Gasteiger partial charge in [0.2, 0.25) is 0 Å². The molecule has 54 valence electrons. The topological polar surface area (TPSA) is 0 Å². The lowest BCUT2D eigenvalue weighted by Crippen LogP contribution is -1.64. The fourth-order valence-electron chi connectivity index (χ4n) is 0.606. The van der Waals surface area contributed by atoms with Crippen molar-refractivity contribution in [2.45, 2.75) is 33.1 Å². The SMILES string of the molecule is CCCCC=CPCC. The monoisotopic (exact) mass is 144 g/mol. The number of rotatable bonds is 5. The molecule has 0 aliphatic carbocycles. The highest BCUT2D eigenvalue weighted by Crippen LogP contribution is 2.10. The van der Waals surface area contributed by atoms with Gasteiger partial charge in [-0.1, -0.05) is 47.2 Å². The summed E-state index contributed by atoms with van der Waals surface area (Å²) in [6.07, 6.45) is 7.57. The molecule has 1 unspecified atom stereocenters. The molecule has 0 heterocycles. The van der Waals surface area contributed by atoms with Gasteiger partial charge in [-0.15, -0.1) is 0 Å². The average Bonchev–Trinajstić information content (AvgIpc) is 1.89. The van der Waals surface area contributed by atoms with Crippen molar-refractivity contribution < 1.29 is 0 Å². The van der Waals surface area contributed by atoms with E-state index in [0.29, 0.717) is 0 Å². The van der Waals surface area contributed by atoms with E-state index in [2.05, 4.69) is 25.7 Å². The zero-order chi connectivity index (χ0) is 6.95. The van der Waals surface area contributed by atoms with Crippen LogP contribution in [0.1, 0.15) is 33.1 Å². The van der Waals surface area contributed by atoms with Gasteiger partial charge in [0, 0.05) is 0 Å². The molecule has 0 amide bonds. The van der Waals surface area contributed by atoms with Crippen LogP contribution in [0.3, 0.4) is 0 Å². The fourth-order valence-corrected chi connectivity index (χ4v) is 1.18. The van der Waals surface area contributed by atoms with Crippen LogP contribution in [0.5, 0.6) is 0 Å². The highest BCUT2D eigenvalue weighted by atomic mass is 31.1. The van der Waals surface area contributed by atoms with E-state index < -0.39 is 0 Å². The van der Waals surface area contributed by atoms with Gasteiger partial charge in [-0.25, -0.2) is 0 Å². The van der Waals surface area contributed by atoms with Crippen LogP contribution in [-0.4, -0.2) is 6.16 Å². The molecular weight excluding hydrogens is 127 g/mol. The van der Waals surface area contributed by atoms with Crippen molar-refractivity contribution in [2.75, 3.05) is 6.16 Å². The maximum Gasteiger partial charge on any atom is -0.0347 e. The molecule has 9 heavy (non-hydrogen) atoms. The summed E-state index contributed by atoms with van der Waals surface area (Å²) in [5, 5.41) is 0. The van der Waals surface area contributed by atoms with Crippen molar-refractivity contribution in [3.8, 4) is 0 Å². The van der Waals surface area contributed by atoms with Crippen molar-refractivity contribution in [2.24, 2.45) is 0 Å². The van der Waals surface area contributed by atoms with Crippen molar-refractivity contribution in [1.82, 2.24) is 0 Å². The second-order valence-corrected chi connectivity index (χ2v) is 3.55. The standard InChI is InChI=1S/C8H17P/c1-3-5-6-7-8-9-4-2/h7-9H,3-6H2,1-2H3. The van der Waals surface area contributed by atoms with E-state index in [1.165, 1.54) is 25.4 Å². The van der Waals surface area contributed by atoms with E-state index in [1.807, 2.05) is 0 Å². The smallest absolute Gasteiger partial charge is 0.0347 e. The molecule has 0 N–H and O–H groups in total. The summed E-state index contributed by atoms with van der Waals surface area (Å²) < 4.78 is 0. The first kappa shape index (κ1) is 9.17.